The van der Waals surface area contributed by atoms with Crippen LogP contribution < -0.4 is 5.32 Å². The first-order valence-electron chi connectivity index (χ1n) is 8.09. The average Bonchev–Trinajstić information content (AvgIpc) is 2.87. The SMILES string of the molecule is CCCCC(CC)CC(=O)CC1CNc2ccccc21. The predicted molar refractivity (Wildman–Crippen MR) is 85.2 cm³/mol. The van der Waals surface area contributed by atoms with E-state index in [0.717, 1.165) is 19.4 Å². The molecule has 2 nitrogen and oxygen atoms in total. The van der Waals surface area contributed by atoms with Crippen LogP contribution in [0.4, 0.5) is 5.69 Å². The van der Waals surface area contributed by atoms with Crippen LogP contribution in [0.3, 0.4) is 0 Å². The van der Waals surface area contributed by atoms with Gasteiger partial charge in [0.05, 0.1) is 0 Å². The number of hydrogen-bond acceptors (Lipinski definition) is 2. The molecule has 0 saturated heterocycles. The summed E-state index contributed by atoms with van der Waals surface area (Å²) in [6.07, 6.45) is 6.29. The summed E-state index contributed by atoms with van der Waals surface area (Å²) in [6.45, 7) is 5.34. The quantitative estimate of drug-likeness (QED) is 0.739. The number of benzene rings is 1. The lowest BCUT2D eigenvalue weighted by molar-refractivity contribution is -0.120. The Hall–Kier alpha value is -1.31. The maximum atomic E-state index is 12.3. The molecule has 0 radical (unpaired) electrons. The van der Waals surface area contributed by atoms with Gasteiger partial charge < -0.3 is 5.32 Å². The van der Waals surface area contributed by atoms with Crippen LogP contribution in [0.2, 0.25) is 0 Å². The summed E-state index contributed by atoms with van der Waals surface area (Å²) in [5, 5.41) is 3.40. The summed E-state index contributed by atoms with van der Waals surface area (Å²) in [5.74, 6) is 1.41. The van der Waals surface area contributed by atoms with E-state index in [1.54, 1.807) is 0 Å². The zero-order valence-electron chi connectivity index (χ0n) is 12.8. The Bertz CT molecular complexity index is 441. The van der Waals surface area contributed by atoms with E-state index < -0.39 is 0 Å². The molecule has 2 unspecified atom stereocenters. The molecular formula is C18H27NO. The van der Waals surface area contributed by atoms with Gasteiger partial charge in [-0.1, -0.05) is 57.7 Å². The highest BCUT2D eigenvalue weighted by molar-refractivity contribution is 5.80. The van der Waals surface area contributed by atoms with E-state index in [4.69, 9.17) is 0 Å². The fourth-order valence-electron chi connectivity index (χ4n) is 3.16. The molecule has 2 atom stereocenters. The number of carbonyl (C=O) groups is 1. The number of anilines is 1. The molecule has 2 heteroatoms. The highest BCUT2D eigenvalue weighted by Crippen LogP contribution is 2.34. The van der Waals surface area contributed by atoms with Crippen molar-refractivity contribution in [3.63, 3.8) is 0 Å². The normalized spacial score (nSPS) is 18.4. The van der Waals surface area contributed by atoms with E-state index in [0.29, 0.717) is 24.0 Å². The lowest BCUT2D eigenvalue weighted by Crippen LogP contribution is -2.13. The van der Waals surface area contributed by atoms with Gasteiger partial charge in [0.15, 0.2) is 0 Å². The number of hydrogen-bond donors (Lipinski definition) is 1. The van der Waals surface area contributed by atoms with Gasteiger partial charge in [0.1, 0.15) is 5.78 Å². The van der Waals surface area contributed by atoms with Crippen LogP contribution in [0.25, 0.3) is 0 Å². The molecule has 0 amide bonds. The number of Topliss-reactive ketones (excluding diaryl/α,β-unsaturated/α-hetero) is 1. The topological polar surface area (TPSA) is 29.1 Å². The van der Waals surface area contributed by atoms with Gasteiger partial charge in [0.2, 0.25) is 0 Å². The standard InChI is InChI=1S/C18H27NO/c1-3-5-8-14(4-2)11-16(20)12-15-13-19-18-10-7-6-9-17(15)18/h6-7,9-10,14-15,19H,3-5,8,11-13H2,1-2H3. The molecule has 0 saturated carbocycles. The van der Waals surface area contributed by atoms with Gasteiger partial charge in [0, 0.05) is 31.0 Å². The van der Waals surface area contributed by atoms with E-state index in [1.807, 2.05) is 6.07 Å². The molecule has 1 N–H and O–H groups in total. The second kappa shape index (κ2) is 7.47. The summed E-state index contributed by atoms with van der Waals surface area (Å²) >= 11 is 0. The van der Waals surface area contributed by atoms with Gasteiger partial charge in [-0.2, -0.15) is 0 Å². The van der Waals surface area contributed by atoms with Crippen molar-refractivity contribution in [3.8, 4) is 0 Å². The molecule has 0 spiro atoms. The third-order valence-corrected chi connectivity index (χ3v) is 4.47. The first kappa shape index (κ1) is 15.1. The van der Waals surface area contributed by atoms with Crippen molar-refractivity contribution in [2.75, 3.05) is 11.9 Å². The number of nitrogens with one attached hydrogen (secondary N) is 1. The van der Waals surface area contributed by atoms with Crippen molar-refractivity contribution >= 4 is 11.5 Å². The third kappa shape index (κ3) is 3.84. The molecule has 1 aromatic carbocycles. The van der Waals surface area contributed by atoms with Crippen molar-refractivity contribution in [2.45, 2.75) is 58.3 Å². The highest BCUT2D eigenvalue weighted by Gasteiger charge is 2.24. The van der Waals surface area contributed by atoms with E-state index in [2.05, 4.69) is 37.4 Å². The summed E-state index contributed by atoms with van der Waals surface area (Å²) in [6, 6.07) is 8.38. The molecule has 0 bridgehead atoms. The monoisotopic (exact) mass is 273 g/mol. The summed E-state index contributed by atoms with van der Waals surface area (Å²) in [7, 11) is 0. The van der Waals surface area contributed by atoms with E-state index >= 15 is 0 Å². The van der Waals surface area contributed by atoms with Gasteiger partial charge in [-0.3, -0.25) is 4.79 Å². The number of carbonyl (C=O) groups excluding carboxylic acids is 1. The molecule has 1 aromatic rings. The minimum atomic E-state index is 0.377. The Morgan fingerprint density at radius 1 is 1.35 bits per heavy atom. The lowest BCUT2D eigenvalue weighted by atomic mass is 9.89. The van der Waals surface area contributed by atoms with Crippen molar-refractivity contribution in [3.05, 3.63) is 29.8 Å². The molecule has 0 aromatic heterocycles. The molecular weight excluding hydrogens is 246 g/mol. The molecule has 1 heterocycles. The van der Waals surface area contributed by atoms with Crippen LogP contribution in [-0.4, -0.2) is 12.3 Å². The van der Waals surface area contributed by atoms with Crippen LogP contribution in [0.15, 0.2) is 24.3 Å². The van der Waals surface area contributed by atoms with Crippen LogP contribution in [0.5, 0.6) is 0 Å². The summed E-state index contributed by atoms with van der Waals surface area (Å²) in [5.41, 5.74) is 2.53. The Morgan fingerprint density at radius 2 is 2.15 bits per heavy atom. The number of ketones is 1. The molecule has 1 aliphatic heterocycles. The molecule has 20 heavy (non-hydrogen) atoms. The van der Waals surface area contributed by atoms with Crippen molar-refractivity contribution < 1.29 is 4.79 Å². The smallest absolute Gasteiger partial charge is 0.133 e. The fraction of sp³-hybridized carbons (Fsp3) is 0.611. The average molecular weight is 273 g/mol. The maximum Gasteiger partial charge on any atom is 0.133 e. The number of rotatable bonds is 8. The van der Waals surface area contributed by atoms with Crippen molar-refractivity contribution in [1.82, 2.24) is 0 Å². The second-order valence-electron chi connectivity index (χ2n) is 6.03. The van der Waals surface area contributed by atoms with E-state index in [9.17, 15) is 4.79 Å². The largest absolute Gasteiger partial charge is 0.384 e. The molecule has 0 aliphatic carbocycles. The zero-order chi connectivity index (χ0) is 14.4. The van der Waals surface area contributed by atoms with Gasteiger partial charge in [-0.25, -0.2) is 0 Å². The van der Waals surface area contributed by atoms with Crippen molar-refractivity contribution in [2.24, 2.45) is 5.92 Å². The fourth-order valence-corrected chi connectivity index (χ4v) is 3.16. The lowest BCUT2D eigenvalue weighted by Gasteiger charge is -2.15. The first-order chi connectivity index (χ1) is 9.74. The van der Waals surface area contributed by atoms with E-state index in [1.165, 1.54) is 30.5 Å². The minimum Gasteiger partial charge on any atom is -0.384 e. The maximum absolute atomic E-state index is 12.3. The van der Waals surface area contributed by atoms with Crippen LogP contribution >= 0.6 is 0 Å². The first-order valence-corrected chi connectivity index (χ1v) is 8.09. The molecule has 1 aliphatic rings. The Balaban J connectivity index is 1.86. The zero-order valence-corrected chi connectivity index (χ0v) is 12.8. The second-order valence-corrected chi connectivity index (χ2v) is 6.03. The minimum absolute atomic E-state index is 0.377. The van der Waals surface area contributed by atoms with Gasteiger partial charge in [-0.15, -0.1) is 0 Å². The predicted octanol–water partition coefficient (Wildman–Crippen LogP) is 4.76. The Morgan fingerprint density at radius 3 is 2.90 bits per heavy atom. The van der Waals surface area contributed by atoms with Gasteiger partial charge in [0.25, 0.3) is 0 Å². The third-order valence-electron chi connectivity index (χ3n) is 4.47. The number of para-hydroxylation sites is 1. The number of fused-ring (bicyclic) bond motifs is 1. The van der Waals surface area contributed by atoms with Crippen molar-refractivity contribution in [1.29, 1.82) is 0 Å². The Labute approximate surface area is 123 Å². The van der Waals surface area contributed by atoms with E-state index in [-0.39, 0.29) is 0 Å². The molecule has 110 valence electrons. The highest BCUT2D eigenvalue weighted by atomic mass is 16.1. The van der Waals surface area contributed by atoms with Crippen LogP contribution in [0.1, 0.15) is 63.9 Å². The number of unbranched alkanes of at least 4 members (excludes halogenated alkanes) is 1. The summed E-state index contributed by atoms with van der Waals surface area (Å²) in [4.78, 5) is 12.3. The molecule has 0 fully saturated rings. The van der Waals surface area contributed by atoms with Gasteiger partial charge >= 0.3 is 0 Å². The van der Waals surface area contributed by atoms with Crippen LogP contribution in [-0.2, 0) is 4.79 Å². The summed E-state index contributed by atoms with van der Waals surface area (Å²) < 4.78 is 0. The molecule has 2 rings (SSSR count). The van der Waals surface area contributed by atoms with Gasteiger partial charge in [-0.05, 0) is 17.5 Å². The van der Waals surface area contributed by atoms with Crippen LogP contribution in [0, 0.1) is 5.92 Å². The Kier molecular flexibility index (Phi) is 5.63.